The summed E-state index contributed by atoms with van der Waals surface area (Å²) in [5.41, 5.74) is 0.150. The molecule has 206 valence electrons. The minimum atomic E-state index is -4.49. The second-order valence-electron chi connectivity index (χ2n) is 9.80. The molecule has 0 saturated carbocycles. The number of piperidine rings is 1. The van der Waals surface area contributed by atoms with Gasteiger partial charge in [0.25, 0.3) is 5.91 Å². The normalized spacial score (nSPS) is 17.7. The molecular formula is C29H30F3N3O3S. The molecule has 10 heteroatoms. The Kier molecular flexibility index (Phi) is 7.77. The lowest BCUT2D eigenvalue weighted by molar-refractivity contribution is -0.137. The third kappa shape index (κ3) is 5.86. The summed E-state index contributed by atoms with van der Waals surface area (Å²) in [7, 11) is 1.61. The molecule has 0 radical (unpaired) electrons. The first kappa shape index (κ1) is 27.3. The fourth-order valence-electron chi connectivity index (χ4n) is 5.08. The van der Waals surface area contributed by atoms with Gasteiger partial charge in [0.15, 0.2) is 0 Å². The van der Waals surface area contributed by atoms with Gasteiger partial charge in [-0.3, -0.25) is 4.79 Å². The molecule has 39 heavy (non-hydrogen) atoms. The highest BCUT2D eigenvalue weighted by molar-refractivity contribution is 7.99. The molecule has 6 nitrogen and oxygen atoms in total. The Morgan fingerprint density at radius 1 is 1.00 bits per heavy atom. The number of amides is 1. The van der Waals surface area contributed by atoms with Gasteiger partial charge < -0.3 is 19.6 Å². The van der Waals surface area contributed by atoms with Crippen LogP contribution in [0.5, 0.6) is 5.75 Å². The van der Waals surface area contributed by atoms with Crippen molar-refractivity contribution < 1.29 is 27.8 Å². The fourth-order valence-corrected chi connectivity index (χ4v) is 5.98. The third-order valence-corrected chi connectivity index (χ3v) is 8.35. The van der Waals surface area contributed by atoms with Crippen LogP contribution in [0, 0.1) is 0 Å². The largest absolute Gasteiger partial charge is 0.497 e. The van der Waals surface area contributed by atoms with Crippen LogP contribution >= 0.6 is 11.8 Å². The number of hydrogen-bond donors (Lipinski definition) is 1. The maximum atomic E-state index is 13.7. The Labute approximate surface area is 229 Å². The highest BCUT2D eigenvalue weighted by Gasteiger charge is 2.38. The van der Waals surface area contributed by atoms with Gasteiger partial charge in [0.05, 0.1) is 29.5 Å². The van der Waals surface area contributed by atoms with Crippen LogP contribution in [0.4, 0.5) is 19.0 Å². The first-order valence-electron chi connectivity index (χ1n) is 12.9. The Bertz CT molecular complexity index is 1320. The topological polar surface area (TPSA) is 65.9 Å². The van der Waals surface area contributed by atoms with Crippen LogP contribution < -0.4 is 9.64 Å². The van der Waals surface area contributed by atoms with E-state index in [-0.39, 0.29) is 37.4 Å². The molecule has 2 fully saturated rings. The summed E-state index contributed by atoms with van der Waals surface area (Å²) in [5, 5.41) is 11.2. The van der Waals surface area contributed by atoms with Crippen molar-refractivity contribution in [3.05, 3.63) is 77.4 Å². The predicted octanol–water partition coefficient (Wildman–Crippen LogP) is 5.45. The quantitative estimate of drug-likeness (QED) is 0.450. The van der Waals surface area contributed by atoms with Gasteiger partial charge in [-0.15, -0.1) is 0 Å². The SMILES string of the molecule is COc1ccc(-c2ccc(C(=O)N3CCC(O)(c4cccc(C(F)(F)F)c4)CC3)c(N3CCSCC3)n2)cc1. The van der Waals surface area contributed by atoms with Crippen molar-refractivity contribution in [3.63, 3.8) is 0 Å². The van der Waals surface area contributed by atoms with E-state index in [2.05, 4.69) is 4.90 Å². The van der Waals surface area contributed by atoms with Gasteiger partial charge in [0.2, 0.25) is 0 Å². The lowest BCUT2D eigenvalue weighted by Crippen LogP contribution is -2.46. The lowest BCUT2D eigenvalue weighted by Gasteiger charge is -2.39. The molecule has 2 aromatic carbocycles. The molecule has 1 N–H and O–H groups in total. The average Bonchev–Trinajstić information content (AvgIpc) is 2.97. The summed E-state index contributed by atoms with van der Waals surface area (Å²) in [6.07, 6.45) is -4.20. The van der Waals surface area contributed by atoms with E-state index in [4.69, 9.17) is 9.72 Å². The average molecular weight is 558 g/mol. The monoisotopic (exact) mass is 557 g/mol. The molecule has 0 unspecified atom stereocenters. The molecule has 1 aromatic heterocycles. The summed E-state index contributed by atoms with van der Waals surface area (Å²) in [6.45, 7) is 2.00. The Balaban J connectivity index is 1.38. The molecular weight excluding hydrogens is 527 g/mol. The number of carbonyl (C=O) groups excluding carboxylic acids is 1. The van der Waals surface area contributed by atoms with Gasteiger partial charge in [-0.2, -0.15) is 24.9 Å². The zero-order chi connectivity index (χ0) is 27.6. The molecule has 1 amide bonds. The van der Waals surface area contributed by atoms with Crippen molar-refractivity contribution in [3.8, 4) is 17.0 Å². The Hall–Kier alpha value is -3.24. The van der Waals surface area contributed by atoms with Crippen LogP contribution in [0.15, 0.2) is 60.7 Å². The minimum Gasteiger partial charge on any atom is -0.497 e. The zero-order valence-electron chi connectivity index (χ0n) is 21.6. The maximum Gasteiger partial charge on any atom is 0.416 e. The highest BCUT2D eigenvalue weighted by atomic mass is 32.2. The molecule has 2 saturated heterocycles. The van der Waals surface area contributed by atoms with Gasteiger partial charge in [-0.25, -0.2) is 4.98 Å². The summed E-state index contributed by atoms with van der Waals surface area (Å²) >= 11 is 1.86. The molecule has 2 aliphatic rings. The van der Waals surface area contributed by atoms with Crippen molar-refractivity contribution >= 4 is 23.5 Å². The lowest BCUT2D eigenvalue weighted by atomic mass is 9.83. The van der Waals surface area contributed by atoms with E-state index in [1.54, 1.807) is 18.1 Å². The number of alkyl halides is 3. The number of aromatic nitrogens is 1. The summed E-state index contributed by atoms with van der Waals surface area (Å²) in [4.78, 5) is 22.5. The van der Waals surface area contributed by atoms with E-state index >= 15 is 0 Å². The first-order chi connectivity index (χ1) is 18.7. The van der Waals surface area contributed by atoms with Crippen molar-refractivity contribution in [2.45, 2.75) is 24.6 Å². The molecule has 0 aliphatic carbocycles. The molecule has 0 atom stereocenters. The number of ether oxygens (including phenoxy) is 1. The standard InChI is InChI=1S/C29H30F3N3O3S/c1-38-23-7-5-20(6-8-23)25-10-9-24(26(33-25)34-15-17-39-18-16-34)27(36)35-13-11-28(37,12-14-35)21-3-2-4-22(19-21)29(30,31)32/h2-10,19,37H,11-18H2,1H3. The first-order valence-corrected chi connectivity index (χ1v) is 14.0. The van der Waals surface area contributed by atoms with Crippen molar-refractivity contribution in [2.75, 3.05) is 49.7 Å². The zero-order valence-corrected chi connectivity index (χ0v) is 22.4. The predicted molar refractivity (Wildman–Crippen MR) is 146 cm³/mol. The number of benzene rings is 2. The van der Waals surface area contributed by atoms with Gasteiger partial charge in [0.1, 0.15) is 11.6 Å². The van der Waals surface area contributed by atoms with E-state index in [0.717, 1.165) is 53.7 Å². The number of halogens is 3. The van der Waals surface area contributed by atoms with Crippen LogP contribution in [-0.4, -0.2) is 65.7 Å². The Morgan fingerprint density at radius 3 is 2.33 bits per heavy atom. The number of rotatable bonds is 5. The third-order valence-electron chi connectivity index (χ3n) is 7.41. The van der Waals surface area contributed by atoms with E-state index in [9.17, 15) is 23.1 Å². The molecule has 3 heterocycles. The molecule has 2 aliphatic heterocycles. The number of likely N-dealkylation sites (tertiary alicyclic amines) is 1. The van der Waals surface area contributed by atoms with Crippen molar-refractivity contribution in [1.29, 1.82) is 0 Å². The summed E-state index contributed by atoms with van der Waals surface area (Å²) < 4.78 is 44.9. The minimum absolute atomic E-state index is 0.146. The number of pyridine rings is 1. The maximum absolute atomic E-state index is 13.7. The molecule has 0 spiro atoms. The number of methoxy groups -OCH3 is 1. The van der Waals surface area contributed by atoms with E-state index in [1.165, 1.54) is 12.1 Å². The number of hydrogen-bond acceptors (Lipinski definition) is 6. The van der Waals surface area contributed by atoms with Gasteiger partial charge in [-0.05, 0) is 66.9 Å². The van der Waals surface area contributed by atoms with Crippen LogP contribution in [0.2, 0.25) is 0 Å². The van der Waals surface area contributed by atoms with Gasteiger partial charge in [0, 0.05) is 43.2 Å². The summed E-state index contributed by atoms with van der Waals surface area (Å²) in [5.74, 6) is 3.07. The highest BCUT2D eigenvalue weighted by Crippen LogP contribution is 2.37. The number of thioether (sulfide) groups is 1. The van der Waals surface area contributed by atoms with E-state index < -0.39 is 17.3 Å². The Morgan fingerprint density at radius 2 is 1.69 bits per heavy atom. The molecule has 3 aromatic rings. The number of carbonyl (C=O) groups is 1. The second kappa shape index (κ2) is 11.1. The van der Waals surface area contributed by atoms with Crippen LogP contribution in [-0.2, 0) is 11.8 Å². The van der Waals surface area contributed by atoms with Crippen molar-refractivity contribution in [1.82, 2.24) is 9.88 Å². The molecule has 5 rings (SSSR count). The number of anilines is 1. The molecule has 0 bridgehead atoms. The van der Waals surface area contributed by atoms with E-state index in [1.807, 2.05) is 42.1 Å². The van der Waals surface area contributed by atoms with Gasteiger partial charge >= 0.3 is 6.18 Å². The number of nitrogens with zero attached hydrogens (tertiary/aromatic N) is 3. The van der Waals surface area contributed by atoms with E-state index in [0.29, 0.717) is 11.4 Å². The summed E-state index contributed by atoms with van der Waals surface area (Å²) in [6, 6.07) is 16.1. The van der Waals surface area contributed by atoms with Gasteiger partial charge in [-0.1, -0.05) is 12.1 Å². The van der Waals surface area contributed by atoms with Crippen LogP contribution in [0.3, 0.4) is 0 Å². The van der Waals surface area contributed by atoms with Crippen LogP contribution in [0.25, 0.3) is 11.3 Å². The second-order valence-corrected chi connectivity index (χ2v) is 11.0. The fraction of sp³-hybridized carbons (Fsp3) is 0.379. The number of aliphatic hydroxyl groups is 1. The van der Waals surface area contributed by atoms with Crippen molar-refractivity contribution in [2.24, 2.45) is 0 Å². The smallest absolute Gasteiger partial charge is 0.416 e. The van der Waals surface area contributed by atoms with Crippen LogP contribution in [0.1, 0.15) is 34.3 Å².